The average Bonchev–Trinajstić information content (AvgIpc) is 3.29. The molecule has 0 unspecified atom stereocenters. The van der Waals surface area contributed by atoms with Crippen molar-refractivity contribution in [1.82, 2.24) is 4.98 Å². The Morgan fingerprint density at radius 2 is 1.96 bits per heavy atom. The van der Waals surface area contributed by atoms with Crippen LogP contribution >= 0.6 is 11.3 Å². The van der Waals surface area contributed by atoms with E-state index in [-0.39, 0.29) is 12.3 Å². The SMILES string of the molecule is Cc1nc(C2CCCC2)sc1C(=O)Nc1ccc(OCCCC(=O)O)cc1. The number of carbonyl (C=O) groups is 2. The van der Waals surface area contributed by atoms with E-state index in [4.69, 9.17) is 9.84 Å². The third kappa shape index (κ3) is 5.29. The van der Waals surface area contributed by atoms with Crippen LogP contribution in [0.1, 0.15) is 64.8 Å². The summed E-state index contributed by atoms with van der Waals surface area (Å²) in [5, 5.41) is 12.6. The first-order valence-electron chi connectivity index (χ1n) is 9.26. The molecule has 27 heavy (non-hydrogen) atoms. The molecular formula is C20H24N2O4S. The number of ether oxygens (including phenoxy) is 1. The maximum absolute atomic E-state index is 12.6. The Kier molecular flexibility index (Phi) is 6.45. The molecule has 2 aromatic rings. The number of amides is 1. The van der Waals surface area contributed by atoms with Crippen LogP contribution in [-0.2, 0) is 4.79 Å². The van der Waals surface area contributed by atoms with Gasteiger partial charge in [0.2, 0.25) is 0 Å². The minimum Gasteiger partial charge on any atom is -0.494 e. The van der Waals surface area contributed by atoms with E-state index in [0.29, 0.717) is 35.3 Å². The summed E-state index contributed by atoms with van der Waals surface area (Å²) in [5.41, 5.74) is 1.48. The second-order valence-electron chi connectivity index (χ2n) is 6.77. The molecule has 1 aromatic heterocycles. The lowest BCUT2D eigenvalue weighted by molar-refractivity contribution is -0.137. The molecule has 0 saturated heterocycles. The van der Waals surface area contributed by atoms with Gasteiger partial charge in [-0.1, -0.05) is 12.8 Å². The molecular weight excluding hydrogens is 364 g/mol. The van der Waals surface area contributed by atoms with E-state index < -0.39 is 5.97 Å². The van der Waals surface area contributed by atoms with Crippen LogP contribution in [0.3, 0.4) is 0 Å². The molecule has 0 radical (unpaired) electrons. The first kappa shape index (κ1) is 19.4. The normalized spacial score (nSPS) is 14.3. The van der Waals surface area contributed by atoms with Gasteiger partial charge < -0.3 is 15.2 Å². The molecule has 0 spiro atoms. The standard InChI is InChI=1S/C20H24N2O4S/c1-13-18(27-20(21-13)14-5-2-3-6-14)19(25)22-15-8-10-16(11-9-15)26-12-4-7-17(23)24/h8-11,14H,2-7,12H2,1H3,(H,22,25)(H,23,24). The predicted octanol–water partition coefficient (Wildman–Crippen LogP) is 4.61. The van der Waals surface area contributed by atoms with Crippen molar-refractivity contribution in [3.05, 3.63) is 39.8 Å². The fraction of sp³-hybridized carbons (Fsp3) is 0.450. The Hall–Kier alpha value is -2.41. The Morgan fingerprint density at radius 1 is 1.26 bits per heavy atom. The summed E-state index contributed by atoms with van der Waals surface area (Å²) < 4.78 is 5.50. The van der Waals surface area contributed by atoms with Crippen LogP contribution in [0, 0.1) is 6.92 Å². The molecule has 6 nitrogen and oxygen atoms in total. The molecule has 1 saturated carbocycles. The van der Waals surface area contributed by atoms with E-state index in [9.17, 15) is 9.59 Å². The number of nitrogens with one attached hydrogen (secondary N) is 1. The minimum atomic E-state index is -0.828. The second-order valence-corrected chi connectivity index (χ2v) is 7.80. The molecule has 1 aliphatic rings. The van der Waals surface area contributed by atoms with Crippen molar-refractivity contribution >= 4 is 28.9 Å². The number of aromatic nitrogens is 1. The van der Waals surface area contributed by atoms with Crippen LogP contribution in [0.15, 0.2) is 24.3 Å². The predicted molar refractivity (Wildman–Crippen MR) is 105 cm³/mol. The van der Waals surface area contributed by atoms with Crippen molar-refractivity contribution in [2.24, 2.45) is 0 Å². The number of anilines is 1. The number of carboxylic acids is 1. The number of hydrogen-bond acceptors (Lipinski definition) is 5. The molecule has 0 aliphatic heterocycles. The third-order valence-corrected chi connectivity index (χ3v) is 5.96. The van der Waals surface area contributed by atoms with Crippen molar-refractivity contribution in [3.63, 3.8) is 0 Å². The molecule has 1 aromatic carbocycles. The van der Waals surface area contributed by atoms with E-state index in [1.807, 2.05) is 6.92 Å². The zero-order valence-corrected chi connectivity index (χ0v) is 16.2. The van der Waals surface area contributed by atoms with Gasteiger partial charge >= 0.3 is 5.97 Å². The van der Waals surface area contributed by atoms with Gasteiger partial charge in [0, 0.05) is 18.0 Å². The molecule has 144 valence electrons. The summed E-state index contributed by atoms with van der Waals surface area (Å²) in [4.78, 5) is 28.4. The number of rotatable bonds is 8. The summed E-state index contributed by atoms with van der Waals surface area (Å²) in [6, 6.07) is 7.08. The van der Waals surface area contributed by atoms with Gasteiger partial charge in [-0.05, 0) is 50.5 Å². The molecule has 1 fully saturated rings. The number of aliphatic carboxylic acids is 1. The molecule has 3 rings (SSSR count). The van der Waals surface area contributed by atoms with Gasteiger partial charge in [-0.3, -0.25) is 9.59 Å². The molecule has 1 aliphatic carbocycles. The average molecular weight is 388 g/mol. The van der Waals surface area contributed by atoms with Crippen molar-refractivity contribution in [1.29, 1.82) is 0 Å². The van der Waals surface area contributed by atoms with Crippen LogP contribution < -0.4 is 10.1 Å². The Morgan fingerprint density at radius 3 is 2.63 bits per heavy atom. The molecule has 1 heterocycles. The zero-order chi connectivity index (χ0) is 19.2. The van der Waals surface area contributed by atoms with E-state index in [2.05, 4.69) is 10.3 Å². The number of hydrogen-bond donors (Lipinski definition) is 2. The Balaban J connectivity index is 1.55. The molecule has 0 bridgehead atoms. The van der Waals surface area contributed by atoms with Crippen LogP contribution in [0.25, 0.3) is 0 Å². The van der Waals surface area contributed by atoms with Crippen LogP contribution in [0.5, 0.6) is 5.75 Å². The largest absolute Gasteiger partial charge is 0.494 e. The first-order chi connectivity index (χ1) is 13.0. The van der Waals surface area contributed by atoms with Crippen molar-refractivity contribution in [2.75, 3.05) is 11.9 Å². The van der Waals surface area contributed by atoms with Gasteiger partial charge in [-0.25, -0.2) is 4.98 Å². The lowest BCUT2D eigenvalue weighted by Gasteiger charge is -2.07. The van der Waals surface area contributed by atoms with Crippen molar-refractivity contribution in [3.8, 4) is 5.75 Å². The number of carbonyl (C=O) groups excluding carboxylic acids is 1. The smallest absolute Gasteiger partial charge is 0.303 e. The lowest BCUT2D eigenvalue weighted by Crippen LogP contribution is -2.11. The van der Waals surface area contributed by atoms with Crippen molar-refractivity contribution in [2.45, 2.75) is 51.4 Å². The number of carboxylic acid groups (broad SMARTS) is 1. The third-order valence-electron chi connectivity index (χ3n) is 4.64. The van der Waals surface area contributed by atoms with E-state index in [1.54, 1.807) is 24.3 Å². The summed E-state index contributed by atoms with van der Waals surface area (Å²) in [7, 11) is 0. The molecule has 2 N–H and O–H groups in total. The topological polar surface area (TPSA) is 88.5 Å². The number of nitrogens with zero attached hydrogens (tertiary/aromatic N) is 1. The number of thiazole rings is 1. The quantitative estimate of drug-likeness (QED) is 0.645. The minimum absolute atomic E-state index is 0.0885. The van der Waals surface area contributed by atoms with Gasteiger partial charge in [0.05, 0.1) is 17.3 Å². The highest BCUT2D eigenvalue weighted by Gasteiger charge is 2.23. The molecule has 0 atom stereocenters. The highest BCUT2D eigenvalue weighted by atomic mass is 32.1. The van der Waals surface area contributed by atoms with Gasteiger partial charge in [-0.15, -0.1) is 11.3 Å². The van der Waals surface area contributed by atoms with E-state index in [0.717, 1.165) is 10.7 Å². The summed E-state index contributed by atoms with van der Waals surface area (Å²) >= 11 is 1.51. The van der Waals surface area contributed by atoms with Gasteiger partial charge in [0.15, 0.2) is 0 Å². The van der Waals surface area contributed by atoms with Crippen LogP contribution in [-0.4, -0.2) is 28.6 Å². The lowest BCUT2D eigenvalue weighted by atomic mass is 10.1. The maximum Gasteiger partial charge on any atom is 0.303 e. The van der Waals surface area contributed by atoms with E-state index in [1.165, 1.54) is 37.0 Å². The van der Waals surface area contributed by atoms with E-state index >= 15 is 0 Å². The summed E-state index contributed by atoms with van der Waals surface area (Å²) in [6.45, 7) is 2.24. The second kappa shape index (κ2) is 8.99. The fourth-order valence-corrected chi connectivity index (χ4v) is 4.34. The van der Waals surface area contributed by atoms with Crippen LogP contribution in [0.2, 0.25) is 0 Å². The Labute approximate surface area is 162 Å². The van der Waals surface area contributed by atoms with Crippen molar-refractivity contribution < 1.29 is 19.4 Å². The number of aryl methyl sites for hydroxylation is 1. The highest BCUT2D eigenvalue weighted by Crippen LogP contribution is 2.37. The molecule has 7 heteroatoms. The number of benzene rings is 1. The fourth-order valence-electron chi connectivity index (χ4n) is 3.21. The van der Waals surface area contributed by atoms with Crippen LogP contribution in [0.4, 0.5) is 5.69 Å². The van der Waals surface area contributed by atoms with Gasteiger partial charge in [-0.2, -0.15) is 0 Å². The monoisotopic (exact) mass is 388 g/mol. The van der Waals surface area contributed by atoms with Gasteiger partial charge in [0.25, 0.3) is 5.91 Å². The first-order valence-corrected chi connectivity index (χ1v) is 10.1. The maximum atomic E-state index is 12.6. The summed E-state index contributed by atoms with van der Waals surface area (Å²) in [5.74, 6) is 0.194. The van der Waals surface area contributed by atoms with Gasteiger partial charge in [0.1, 0.15) is 10.6 Å². The zero-order valence-electron chi connectivity index (χ0n) is 15.4. The highest BCUT2D eigenvalue weighted by molar-refractivity contribution is 7.14. The summed E-state index contributed by atoms with van der Waals surface area (Å²) in [6.07, 6.45) is 5.38. The molecule has 1 amide bonds. The Bertz CT molecular complexity index is 795.